The molecule has 0 amide bonds. The van der Waals surface area contributed by atoms with Crippen LogP contribution in [-0.4, -0.2) is 16.3 Å². The molecule has 0 spiro atoms. The molecule has 0 fully saturated rings. The van der Waals surface area contributed by atoms with Crippen LogP contribution in [0.5, 0.6) is 0 Å². The molecule has 0 saturated heterocycles. The zero-order valence-corrected chi connectivity index (χ0v) is 10.9. The van der Waals surface area contributed by atoms with Crippen molar-refractivity contribution in [2.45, 2.75) is 20.0 Å². The first kappa shape index (κ1) is 13.1. The topological polar surface area (TPSA) is 29.9 Å². The number of rotatable bonds is 5. The Balaban J connectivity index is 2.18. The zero-order chi connectivity index (χ0) is 13.0. The summed E-state index contributed by atoms with van der Waals surface area (Å²) in [5.74, 6) is -0.394. The Hall–Kier alpha value is -1.39. The van der Waals surface area contributed by atoms with E-state index in [9.17, 15) is 4.39 Å². The predicted octanol–water partition coefficient (Wildman–Crippen LogP) is 2.83. The standard InChI is InChI=1S/C13H15ClFN3/c1-2-16-8-11-6-7-17-18(11)9-10-4-3-5-12(15)13(10)14/h3-7,16H,2,8-9H2,1H3. The first-order valence-corrected chi connectivity index (χ1v) is 6.24. The van der Waals surface area contributed by atoms with Crippen LogP contribution in [0.1, 0.15) is 18.2 Å². The normalized spacial score (nSPS) is 10.8. The van der Waals surface area contributed by atoms with E-state index in [-0.39, 0.29) is 5.02 Å². The van der Waals surface area contributed by atoms with E-state index in [1.54, 1.807) is 12.3 Å². The fourth-order valence-corrected chi connectivity index (χ4v) is 1.92. The molecule has 0 unspecified atom stereocenters. The van der Waals surface area contributed by atoms with Gasteiger partial charge in [-0.15, -0.1) is 0 Å². The SMILES string of the molecule is CCNCc1ccnn1Cc1cccc(F)c1Cl. The van der Waals surface area contributed by atoms with Crippen LogP contribution in [-0.2, 0) is 13.1 Å². The smallest absolute Gasteiger partial charge is 0.142 e. The highest BCUT2D eigenvalue weighted by Crippen LogP contribution is 2.20. The van der Waals surface area contributed by atoms with Gasteiger partial charge in [0.25, 0.3) is 0 Å². The Bertz CT molecular complexity index is 525. The molecule has 0 atom stereocenters. The van der Waals surface area contributed by atoms with Crippen molar-refractivity contribution in [3.05, 3.63) is 52.6 Å². The summed E-state index contributed by atoms with van der Waals surface area (Å²) in [5, 5.41) is 7.63. The lowest BCUT2D eigenvalue weighted by Crippen LogP contribution is -2.16. The van der Waals surface area contributed by atoms with Gasteiger partial charge in [-0.1, -0.05) is 30.7 Å². The van der Waals surface area contributed by atoms with Gasteiger partial charge in [0.1, 0.15) is 5.82 Å². The summed E-state index contributed by atoms with van der Waals surface area (Å²) in [6, 6.07) is 6.76. The third-order valence-electron chi connectivity index (χ3n) is 2.71. The highest BCUT2D eigenvalue weighted by molar-refractivity contribution is 6.31. The molecule has 0 bridgehead atoms. The van der Waals surface area contributed by atoms with Crippen molar-refractivity contribution >= 4 is 11.6 Å². The largest absolute Gasteiger partial charge is 0.311 e. The Kier molecular flexibility index (Phi) is 4.33. The van der Waals surface area contributed by atoms with E-state index in [0.29, 0.717) is 6.54 Å². The monoisotopic (exact) mass is 267 g/mol. The fourth-order valence-electron chi connectivity index (χ4n) is 1.74. The maximum absolute atomic E-state index is 13.3. The minimum Gasteiger partial charge on any atom is -0.311 e. The van der Waals surface area contributed by atoms with Gasteiger partial charge in [-0.05, 0) is 24.2 Å². The average Bonchev–Trinajstić information content (AvgIpc) is 2.80. The van der Waals surface area contributed by atoms with E-state index in [1.165, 1.54) is 6.07 Å². The van der Waals surface area contributed by atoms with Gasteiger partial charge >= 0.3 is 0 Å². The van der Waals surface area contributed by atoms with Gasteiger partial charge in [0.05, 0.1) is 17.3 Å². The first-order chi connectivity index (χ1) is 8.72. The quantitative estimate of drug-likeness (QED) is 0.903. The lowest BCUT2D eigenvalue weighted by atomic mass is 10.2. The van der Waals surface area contributed by atoms with Crippen LogP contribution in [0.2, 0.25) is 5.02 Å². The number of halogens is 2. The van der Waals surface area contributed by atoms with Gasteiger partial charge < -0.3 is 5.32 Å². The van der Waals surface area contributed by atoms with E-state index < -0.39 is 5.82 Å². The highest BCUT2D eigenvalue weighted by Gasteiger charge is 2.08. The molecule has 3 nitrogen and oxygen atoms in total. The van der Waals surface area contributed by atoms with Gasteiger partial charge in [0.15, 0.2) is 0 Å². The molecule has 0 aliphatic rings. The molecule has 1 heterocycles. The van der Waals surface area contributed by atoms with Gasteiger partial charge in [0.2, 0.25) is 0 Å². The van der Waals surface area contributed by atoms with Crippen LogP contribution in [0.3, 0.4) is 0 Å². The maximum Gasteiger partial charge on any atom is 0.142 e. The Morgan fingerprint density at radius 3 is 3.00 bits per heavy atom. The van der Waals surface area contributed by atoms with Crippen LogP contribution in [0.4, 0.5) is 4.39 Å². The molecular formula is C13H15ClFN3. The van der Waals surface area contributed by atoms with Gasteiger partial charge in [-0.25, -0.2) is 4.39 Å². The van der Waals surface area contributed by atoms with Crippen molar-refractivity contribution in [2.75, 3.05) is 6.54 Å². The van der Waals surface area contributed by atoms with Crippen LogP contribution in [0, 0.1) is 5.82 Å². The van der Waals surface area contributed by atoms with E-state index in [1.807, 2.05) is 23.7 Å². The summed E-state index contributed by atoms with van der Waals surface area (Å²) in [4.78, 5) is 0. The second-order valence-corrected chi connectivity index (χ2v) is 4.35. The summed E-state index contributed by atoms with van der Waals surface area (Å²) < 4.78 is 15.2. The lowest BCUT2D eigenvalue weighted by molar-refractivity contribution is 0.596. The van der Waals surface area contributed by atoms with Crippen molar-refractivity contribution < 1.29 is 4.39 Å². The second-order valence-electron chi connectivity index (χ2n) is 3.97. The maximum atomic E-state index is 13.3. The number of benzene rings is 1. The molecule has 0 radical (unpaired) electrons. The molecule has 96 valence electrons. The number of aromatic nitrogens is 2. The lowest BCUT2D eigenvalue weighted by Gasteiger charge is -2.09. The molecular weight excluding hydrogens is 253 g/mol. The molecule has 18 heavy (non-hydrogen) atoms. The van der Waals surface area contributed by atoms with Crippen molar-refractivity contribution in [3.8, 4) is 0 Å². The molecule has 1 aromatic carbocycles. The first-order valence-electron chi connectivity index (χ1n) is 5.86. The van der Waals surface area contributed by atoms with E-state index >= 15 is 0 Å². The van der Waals surface area contributed by atoms with Crippen LogP contribution >= 0.6 is 11.6 Å². The third kappa shape index (κ3) is 2.89. The van der Waals surface area contributed by atoms with Crippen molar-refractivity contribution in [1.29, 1.82) is 0 Å². The number of nitrogens with one attached hydrogen (secondary N) is 1. The van der Waals surface area contributed by atoms with E-state index in [0.717, 1.165) is 24.3 Å². The third-order valence-corrected chi connectivity index (χ3v) is 3.14. The van der Waals surface area contributed by atoms with Gasteiger partial charge in [-0.3, -0.25) is 4.68 Å². The molecule has 2 aromatic rings. The van der Waals surface area contributed by atoms with Crippen LogP contribution in [0.15, 0.2) is 30.5 Å². The van der Waals surface area contributed by atoms with Crippen molar-refractivity contribution in [2.24, 2.45) is 0 Å². The molecule has 0 aliphatic carbocycles. The molecule has 0 saturated carbocycles. The van der Waals surface area contributed by atoms with Crippen LogP contribution < -0.4 is 5.32 Å². The van der Waals surface area contributed by atoms with E-state index in [2.05, 4.69) is 10.4 Å². The molecule has 5 heteroatoms. The predicted molar refractivity (Wildman–Crippen MR) is 70.1 cm³/mol. The molecule has 1 N–H and O–H groups in total. The molecule has 0 aliphatic heterocycles. The molecule has 2 rings (SSSR count). The van der Waals surface area contributed by atoms with Crippen molar-refractivity contribution in [1.82, 2.24) is 15.1 Å². The fraction of sp³-hybridized carbons (Fsp3) is 0.308. The van der Waals surface area contributed by atoms with Gasteiger partial charge in [0, 0.05) is 12.7 Å². The minimum absolute atomic E-state index is 0.169. The Morgan fingerprint density at radius 2 is 2.22 bits per heavy atom. The number of hydrogen-bond acceptors (Lipinski definition) is 2. The average molecular weight is 268 g/mol. The zero-order valence-electron chi connectivity index (χ0n) is 10.2. The minimum atomic E-state index is -0.394. The Morgan fingerprint density at radius 1 is 1.39 bits per heavy atom. The summed E-state index contributed by atoms with van der Waals surface area (Å²) in [5.41, 5.74) is 1.79. The van der Waals surface area contributed by atoms with Gasteiger partial charge in [-0.2, -0.15) is 5.10 Å². The summed E-state index contributed by atoms with van der Waals surface area (Å²) >= 11 is 5.94. The summed E-state index contributed by atoms with van der Waals surface area (Å²) in [6.45, 7) is 4.16. The highest BCUT2D eigenvalue weighted by atomic mass is 35.5. The Labute approximate surface area is 111 Å². The number of hydrogen-bond donors (Lipinski definition) is 1. The summed E-state index contributed by atoms with van der Waals surface area (Å²) in [7, 11) is 0. The molecule has 1 aromatic heterocycles. The van der Waals surface area contributed by atoms with Crippen molar-refractivity contribution in [3.63, 3.8) is 0 Å². The second kappa shape index (κ2) is 5.98. The number of nitrogens with zero attached hydrogens (tertiary/aromatic N) is 2. The summed E-state index contributed by atoms with van der Waals surface area (Å²) in [6.07, 6.45) is 1.74. The van der Waals surface area contributed by atoms with Crippen LogP contribution in [0.25, 0.3) is 0 Å². The van der Waals surface area contributed by atoms with E-state index in [4.69, 9.17) is 11.6 Å².